The average molecular weight is 386 g/mol. The number of anilines is 3. The third-order valence-corrected chi connectivity index (χ3v) is 4.58. The zero-order valence-corrected chi connectivity index (χ0v) is 15.6. The SMILES string of the molecule is N#Cc1ccccc1Nc1cnc(C(=O)N2CCN(c3ncccn3)CC2)cn1. The summed E-state index contributed by atoms with van der Waals surface area (Å²) in [5.41, 5.74) is 1.44. The van der Waals surface area contributed by atoms with Crippen LogP contribution in [0.15, 0.2) is 55.1 Å². The van der Waals surface area contributed by atoms with Crippen molar-refractivity contribution in [2.75, 3.05) is 36.4 Å². The zero-order valence-electron chi connectivity index (χ0n) is 15.6. The summed E-state index contributed by atoms with van der Waals surface area (Å²) in [6.45, 7) is 2.45. The highest BCUT2D eigenvalue weighted by atomic mass is 16.2. The van der Waals surface area contributed by atoms with E-state index in [-0.39, 0.29) is 11.6 Å². The van der Waals surface area contributed by atoms with E-state index in [0.717, 1.165) is 0 Å². The molecule has 0 atom stereocenters. The van der Waals surface area contributed by atoms with Crippen molar-refractivity contribution in [3.8, 4) is 6.07 Å². The van der Waals surface area contributed by atoms with Crippen molar-refractivity contribution >= 4 is 23.4 Å². The Morgan fingerprint density at radius 1 is 0.966 bits per heavy atom. The molecule has 144 valence electrons. The summed E-state index contributed by atoms with van der Waals surface area (Å²) in [6.07, 6.45) is 6.36. The van der Waals surface area contributed by atoms with Crippen molar-refractivity contribution in [1.82, 2.24) is 24.8 Å². The second-order valence-electron chi connectivity index (χ2n) is 6.40. The van der Waals surface area contributed by atoms with Gasteiger partial charge in [-0.2, -0.15) is 5.26 Å². The number of para-hydroxylation sites is 1. The summed E-state index contributed by atoms with van der Waals surface area (Å²) in [7, 11) is 0. The minimum Gasteiger partial charge on any atom is -0.338 e. The highest BCUT2D eigenvalue weighted by Gasteiger charge is 2.24. The number of rotatable bonds is 4. The number of nitrogens with one attached hydrogen (secondary N) is 1. The summed E-state index contributed by atoms with van der Waals surface area (Å²) in [5, 5.41) is 12.2. The van der Waals surface area contributed by atoms with Gasteiger partial charge >= 0.3 is 0 Å². The van der Waals surface area contributed by atoms with Gasteiger partial charge in [0.25, 0.3) is 5.91 Å². The van der Waals surface area contributed by atoms with Gasteiger partial charge in [-0.05, 0) is 18.2 Å². The number of benzene rings is 1. The number of piperazine rings is 1. The van der Waals surface area contributed by atoms with E-state index in [1.807, 2.05) is 6.07 Å². The molecule has 0 unspecified atom stereocenters. The number of nitrogens with zero attached hydrogens (tertiary/aromatic N) is 7. The topological polar surface area (TPSA) is 111 Å². The van der Waals surface area contributed by atoms with E-state index in [1.165, 1.54) is 12.4 Å². The van der Waals surface area contributed by atoms with Gasteiger partial charge < -0.3 is 15.1 Å². The van der Waals surface area contributed by atoms with Gasteiger partial charge in [0, 0.05) is 38.6 Å². The van der Waals surface area contributed by atoms with Crippen LogP contribution < -0.4 is 10.2 Å². The fraction of sp³-hybridized carbons (Fsp3) is 0.200. The Balaban J connectivity index is 1.38. The van der Waals surface area contributed by atoms with Crippen molar-refractivity contribution in [3.63, 3.8) is 0 Å². The first-order valence-electron chi connectivity index (χ1n) is 9.14. The summed E-state index contributed by atoms with van der Waals surface area (Å²) in [4.78, 5) is 33.5. The molecule has 1 aliphatic heterocycles. The van der Waals surface area contributed by atoms with E-state index in [9.17, 15) is 4.79 Å². The molecule has 3 aromatic rings. The highest BCUT2D eigenvalue weighted by molar-refractivity contribution is 5.92. The standard InChI is InChI=1S/C20H18N8O/c21-12-15-4-1-2-5-16(15)26-18-14-24-17(13-25-18)19(29)27-8-10-28(11-9-27)20-22-6-3-7-23-20/h1-7,13-14H,8-11H2,(H,25,26). The van der Waals surface area contributed by atoms with E-state index in [1.54, 1.807) is 41.6 Å². The molecule has 0 spiro atoms. The molecule has 2 aromatic heterocycles. The average Bonchev–Trinajstić information content (AvgIpc) is 2.80. The Hall–Kier alpha value is -4.06. The Morgan fingerprint density at radius 2 is 1.72 bits per heavy atom. The van der Waals surface area contributed by atoms with Crippen LogP contribution in [-0.4, -0.2) is 56.9 Å². The Bertz CT molecular complexity index is 1020. The molecule has 1 saturated heterocycles. The summed E-state index contributed by atoms with van der Waals surface area (Å²) in [6, 6.07) is 11.0. The van der Waals surface area contributed by atoms with Gasteiger partial charge in [0.15, 0.2) is 0 Å². The third kappa shape index (κ3) is 4.11. The lowest BCUT2D eigenvalue weighted by atomic mass is 10.2. The van der Waals surface area contributed by atoms with Crippen molar-refractivity contribution < 1.29 is 4.79 Å². The molecule has 0 radical (unpaired) electrons. The maximum atomic E-state index is 12.7. The molecule has 1 aromatic carbocycles. The van der Waals surface area contributed by atoms with E-state index in [4.69, 9.17) is 5.26 Å². The predicted octanol–water partition coefficient (Wildman–Crippen LogP) is 1.84. The zero-order chi connectivity index (χ0) is 20.1. The lowest BCUT2D eigenvalue weighted by molar-refractivity contribution is 0.0740. The third-order valence-electron chi connectivity index (χ3n) is 4.58. The second kappa shape index (κ2) is 8.31. The van der Waals surface area contributed by atoms with Crippen LogP contribution in [0.3, 0.4) is 0 Å². The molecule has 3 heterocycles. The molecule has 4 rings (SSSR count). The Kier molecular flexibility index (Phi) is 5.25. The number of carbonyl (C=O) groups excluding carboxylic acids is 1. The number of hydrogen-bond donors (Lipinski definition) is 1. The second-order valence-corrected chi connectivity index (χ2v) is 6.40. The number of nitriles is 1. The molecule has 0 aliphatic carbocycles. The fourth-order valence-corrected chi connectivity index (χ4v) is 3.06. The van der Waals surface area contributed by atoms with Crippen LogP contribution >= 0.6 is 0 Å². The van der Waals surface area contributed by atoms with Crippen LogP contribution in [0.2, 0.25) is 0 Å². The Labute approximate surface area is 167 Å². The maximum Gasteiger partial charge on any atom is 0.274 e. The van der Waals surface area contributed by atoms with Gasteiger partial charge in [0.1, 0.15) is 17.6 Å². The number of amides is 1. The first-order chi connectivity index (χ1) is 14.2. The Morgan fingerprint density at radius 3 is 2.41 bits per heavy atom. The molecular weight excluding hydrogens is 368 g/mol. The first-order valence-corrected chi connectivity index (χ1v) is 9.14. The molecule has 0 saturated carbocycles. The van der Waals surface area contributed by atoms with Crippen LogP contribution in [0.25, 0.3) is 0 Å². The molecule has 9 heteroatoms. The molecular formula is C20H18N8O. The van der Waals surface area contributed by atoms with Gasteiger partial charge in [0.05, 0.1) is 23.6 Å². The molecule has 1 N–H and O–H groups in total. The molecule has 1 fully saturated rings. The van der Waals surface area contributed by atoms with Crippen LogP contribution in [0.5, 0.6) is 0 Å². The molecule has 1 aliphatic rings. The summed E-state index contributed by atoms with van der Waals surface area (Å²) < 4.78 is 0. The monoisotopic (exact) mass is 386 g/mol. The van der Waals surface area contributed by atoms with Crippen LogP contribution in [-0.2, 0) is 0 Å². The normalized spacial score (nSPS) is 13.6. The quantitative estimate of drug-likeness (QED) is 0.723. The first kappa shape index (κ1) is 18.3. The highest BCUT2D eigenvalue weighted by Crippen LogP contribution is 2.18. The summed E-state index contributed by atoms with van der Waals surface area (Å²) in [5.74, 6) is 0.984. The van der Waals surface area contributed by atoms with Crippen molar-refractivity contribution in [2.45, 2.75) is 0 Å². The number of aromatic nitrogens is 4. The lowest BCUT2D eigenvalue weighted by Gasteiger charge is -2.34. The molecule has 29 heavy (non-hydrogen) atoms. The van der Waals surface area contributed by atoms with E-state index >= 15 is 0 Å². The van der Waals surface area contributed by atoms with Crippen molar-refractivity contribution in [1.29, 1.82) is 5.26 Å². The van der Waals surface area contributed by atoms with Crippen LogP contribution in [0.4, 0.5) is 17.5 Å². The van der Waals surface area contributed by atoms with Crippen LogP contribution in [0, 0.1) is 11.3 Å². The van der Waals surface area contributed by atoms with E-state index < -0.39 is 0 Å². The van der Waals surface area contributed by atoms with Crippen molar-refractivity contribution in [2.24, 2.45) is 0 Å². The van der Waals surface area contributed by atoms with E-state index in [2.05, 4.69) is 36.2 Å². The van der Waals surface area contributed by atoms with Crippen LogP contribution in [0.1, 0.15) is 16.1 Å². The molecule has 0 bridgehead atoms. The molecule has 9 nitrogen and oxygen atoms in total. The predicted molar refractivity (Wildman–Crippen MR) is 107 cm³/mol. The number of hydrogen-bond acceptors (Lipinski definition) is 8. The maximum absolute atomic E-state index is 12.7. The summed E-state index contributed by atoms with van der Waals surface area (Å²) >= 11 is 0. The minimum atomic E-state index is -0.157. The lowest BCUT2D eigenvalue weighted by Crippen LogP contribution is -2.49. The smallest absolute Gasteiger partial charge is 0.274 e. The molecule has 1 amide bonds. The van der Waals surface area contributed by atoms with Gasteiger partial charge in [-0.3, -0.25) is 4.79 Å². The fourth-order valence-electron chi connectivity index (χ4n) is 3.06. The van der Waals surface area contributed by atoms with Gasteiger partial charge in [-0.25, -0.2) is 19.9 Å². The van der Waals surface area contributed by atoms with E-state index in [0.29, 0.717) is 49.2 Å². The van der Waals surface area contributed by atoms with Gasteiger partial charge in [-0.1, -0.05) is 12.1 Å². The van der Waals surface area contributed by atoms with Gasteiger partial charge in [0.2, 0.25) is 5.95 Å². The van der Waals surface area contributed by atoms with Gasteiger partial charge in [-0.15, -0.1) is 0 Å². The number of carbonyl (C=O) groups is 1. The van der Waals surface area contributed by atoms with Crippen molar-refractivity contribution in [3.05, 3.63) is 66.4 Å². The minimum absolute atomic E-state index is 0.157. The largest absolute Gasteiger partial charge is 0.338 e.